The van der Waals surface area contributed by atoms with Crippen LogP contribution in [0.15, 0.2) is 29.3 Å². The summed E-state index contributed by atoms with van der Waals surface area (Å²) in [6.07, 6.45) is -1.72. The van der Waals surface area contributed by atoms with Crippen LogP contribution in [0.3, 0.4) is 0 Å². The quantitative estimate of drug-likeness (QED) is 0.0501. The summed E-state index contributed by atoms with van der Waals surface area (Å²) in [4.78, 5) is 65.4. The van der Waals surface area contributed by atoms with E-state index < -0.39 is 59.9 Å². The molecule has 0 aliphatic rings. The van der Waals surface area contributed by atoms with E-state index in [2.05, 4.69) is 20.9 Å². The molecule has 5 unspecified atom stereocenters. The summed E-state index contributed by atoms with van der Waals surface area (Å²) in [6, 6.07) is 0.630. The molecule has 16 nitrogen and oxygen atoms in total. The maximum Gasteiger partial charge on any atom is 0.328 e. The Balaban J connectivity index is 3.07. The predicted octanol–water partition coefficient (Wildman–Crippen LogP) is -3.50. The zero-order valence-electron chi connectivity index (χ0n) is 22.1. The number of phenols is 1. The molecular weight excluding hydrogens is 528 g/mol. The maximum absolute atomic E-state index is 13.2. The van der Waals surface area contributed by atoms with E-state index in [-0.39, 0.29) is 50.4 Å². The van der Waals surface area contributed by atoms with Crippen molar-refractivity contribution in [2.75, 3.05) is 6.54 Å². The first-order valence-electron chi connectivity index (χ1n) is 12.4. The molecule has 14 N–H and O–H groups in total. The predicted molar refractivity (Wildman–Crippen MR) is 143 cm³/mol. The summed E-state index contributed by atoms with van der Waals surface area (Å²) in [5.74, 6) is -4.93. The van der Waals surface area contributed by atoms with Crippen molar-refractivity contribution in [1.82, 2.24) is 16.0 Å². The molecule has 222 valence electrons. The number of nitrogens with two attached hydrogens (primary N) is 4. The molecule has 0 bridgehead atoms. The minimum atomic E-state index is -1.69. The Bertz CT molecular complexity index is 1060. The number of aliphatic imine (C=N–C) groups is 1. The largest absolute Gasteiger partial charge is 0.508 e. The molecule has 0 saturated carbocycles. The van der Waals surface area contributed by atoms with E-state index in [0.717, 1.165) is 6.92 Å². The number of aliphatic hydroxyl groups excluding tert-OH is 1. The molecular formula is C24H38N8O8. The van der Waals surface area contributed by atoms with Gasteiger partial charge in [0.05, 0.1) is 12.1 Å². The van der Waals surface area contributed by atoms with Crippen molar-refractivity contribution in [1.29, 1.82) is 0 Å². The Morgan fingerprint density at radius 2 is 1.45 bits per heavy atom. The van der Waals surface area contributed by atoms with Crippen LogP contribution in [0.5, 0.6) is 5.75 Å². The molecule has 0 fully saturated rings. The highest BCUT2D eigenvalue weighted by atomic mass is 16.4. The minimum absolute atomic E-state index is 0.0237. The number of rotatable bonds is 17. The summed E-state index contributed by atoms with van der Waals surface area (Å²) in [6.45, 7) is 1.28. The van der Waals surface area contributed by atoms with Gasteiger partial charge < -0.3 is 54.2 Å². The monoisotopic (exact) mass is 566 g/mol. The summed E-state index contributed by atoms with van der Waals surface area (Å²) in [5, 5.41) is 35.4. The molecule has 0 aliphatic carbocycles. The highest BCUT2D eigenvalue weighted by Crippen LogP contribution is 2.11. The Kier molecular flexibility index (Phi) is 13.9. The lowest BCUT2D eigenvalue weighted by atomic mass is 10.0. The fraction of sp³-hybridized carbons (Fsp3) is 0.500. The zero-order valence-corrected chi connectivity index (χ0v) is 22.1. The van der Waals surface area contributed by atoms with Crippen LogP contribution in [0.1, 0.15) is 38.2 Å². The van der Waals surface area contributed by atoms with Gasteiger partial charge in [-0.2, -0.15) is 0 Å². The van der Waals surface area contributed by atoms with Crippen molar-refractivity contribution in [3.8, 4) is 5.75 Å². The number of aliphatic hydroxyl groups is 1. The molecule has 0 saturated heterocycles. The Morgan fingerprint density at radius 3 is 1.98 bits per heavy atom. The lowest BCUT2D eigenvalue weighted by Gasteiger charge is -2.25. The Morgan fingerprint density at radius 1 is 0.900 bits per heavy atom. The van der Waals surface area contributed by atoms with Gasteiger partial charge in [0.2, 0.25) is 23.6 Å². The third-order valence-electron chi connectivity index (χ3n) is 5.67. The summed E-state index contributed by atoms with van der Waals surface area (Å²) < 4.78 is 0. The van der Waals surface area contributed by atoms with Crippen molar-refractivity contribution in [3.05, 3.63) is 29.8 Å². The molecule has 0 aromatic heterocycles. The van der Waals surface area contributed by atoms with Gasteiger partial charge >= 0.3 is 5.97 Å². The fourth-order valence-electron chi connectivity index (χ4n) is 3.50. The number of carbonyl (C=O) groups is 5. The van der Waals surface area contributed by atoms with Crippen LogP contribution in [0, 0.1) is 0 Å². The van der Waals surface area contributed by atoms with E-state index in [9.17, 15) is 39.3 Å². The highest BCUT2D eigenvalue weighted by Gasteiger charge is 2.32. The lowest BCUT2D eigenvalue weighted by molar-refractivity contribution is -0.145. The number of carboxylic acids is 1. The van der Waals surface area contributed by atoms with Crippen molar-refractivity contribution in [3.63, 3.8) is 0 Å². The normalized spacial score (nSPS) is 14.5. The number of amides is 4. The van der Waals surface area contributed by atoms with E-state index in [1.165, 1.54) is 12.1 Å². The van der Waals surface area contributed by atoms with Crippen LogP contribution in [-0.4, -0.2) is 87.7 Å². The Hall–Kier alpha value is -4.44. The number of phenolic OH excluding ortho intramolecular Hbond substituents is 1. The summed E-state index contributed by atoms with van der Waals surface area (Å²) >= 11 is 0. The maximum atomic E-state index is 13.2. The number of nitrogens with zero attached hydrogens (tertiary/aromatic N) is 1. The minimum Gasteiger partial charge on any atom is -0.508 e. The SMILES string of the molecule is CC(O)C(NC(=O)C(CCC(N)=O)NC(=O)C(CCCN=C(N)N)NC(=O)C(N)Cc1ccc(O)cc1)C(=O)O. The van der Waals surface area contributed by atoms with E-state index in [0.29, 0.717) is 5.56 Å². The highest BCUT2D eigenvalue weighted by molar-refractivity contribution is 5.94. The van der Waals surface area contributed by atoms with E-state index >= 15 is 0 Å². The number of primary amides is 1. The van der Waals surface area contributed by atoms with Gasteiger partial charge in [-0.15, -0.1) is 0 Å². The molecule has 16 heteroatoms. The van der Waals surface area contributed by atoms with Crippen LogP contribution in [-0.2, 0) is 30.4 Å². The number of benzene rings is 1. The summed E-state index contributed by atoms with van der Waals surface area (Å²) in [5.41, 5.74) is 22.5. The van der Waals surface area contributed by atoms with Gasteiger partial charge in [0.15, 0.2) is 12.0 Å². The Labute approximate surface area is 230 Å². The van der Waals surface area contributed by atoms with Crippen molar-refractivity contribution < 1.29 is 39.3 Å². The van der Waals surface area contributed by atoms with E-state index in [1.807, 2.05) is 0 Å². The van der Waals surface area contributed by atoms with Crippen LogP contribution < -0.4 is 38.9 Å². The van der Waals surface area contributed by atoms with Gasteiger partial charge in [-0.25, -0.2) is 4.79 Å². The summed E-state index contributed by atoms with van der Waals surface area (Å²) in [7, 11) is 0. The molecule has 1 rings (SSSR count). The smallest absolute Gasteiger partial charge is 0.328 e. The lowest BCUT2D eigenvalue weighted by Crippen LogP contribution is -2.58. The number of carbonyl (C=O) groups excluding carboxylic acids is 4. The standard InChI is InChI=1S/C24H38N8O8/c1-12(33)19(23(39)40)32-22(38)17(8-9-18(26)35)31-21(37)16(3-2-10-29-24(27)28)30-20(36)15(25)11-13-4-6-14(34)7-5-13/h4-7,12,15-17,19,33-34H,2-3,8-11,25H2,1H3,(H2,26,35)(H,30,36)(H,31,37)(H,32,38)(H,39,40)(H4,27,28,29). The van der Waals surface area contributed by atoms with Gasteiger partial charge in [0.1, 0.15) is 17.8 Å². The van der Waals surface area contributed by atoms with Gasteiger partial charge in [-0.1, -0.05) is 12.1 Å². The van der Waals surface area contributed by atoms with Gasteiger partial charge in [0.25, 0.3) is 0 Å². The van der Waals surface area contributed by atoms with Crippen LogP contribution in [0.25, 0.3) is 0 Å². The van der Waals surface area contributed by atoms with Crippen molar-refractivity contribution in [2.24, 2.45) is 27.9 Å². The zero-order chi connectivity index (χ0) is 30.4. The third-order valence-corrected chi connectivity index (χ3v) is 5.67. The van der Waals surface area contributed by atoms with Gasteiger partial charge in [-0.3, -0.25) is 24.2 Å². The number of hydrogen-bond donors (Lipinski definition) is 10. The number of aromatic hydroxyl groups is 1. The number of guanidine groups is 1. The average molecular weight is 567 g/mol. The molecule has 0 spiro atoms. The average Bonchev–Trinajstić information content (AvgIpc) is 2.86. The molecule has 0 aliphatic heterocycles. The molecule has 1 aromatic carbocycles. The van der Waals surface area contributed by atoms with Gasteiger partial charge in [-0.05, 0) is 50.3 Å². The molecule has 1 aromatic rings. The molecule has 5 atom stereocenters. The van der Waals surface area contributed by atoms with Crippen LogP contribution >= 0.6 is 0 Å². The second-order valence-electron chi connectivity index (χ2n) is 9.12. The second kappa shape index (κ2) is 16.5. The molecule has 4 amide bonds. The van der Waals surface area contributed by atoms with Crippen LogP contribution in [0.4, 0.5) is 0 Å². The molecule has 0 heterocycles. The molecule has 0 radical (unpaired) electrons. The number of nitrogens with one attached hydrogen (secondary N) is 3. The first-order chi connectivity index (χ1) is 18.7. The molecule has 40 heavy (non-hydrogen) atoms. The first-order valence-corrected chi connectivity index (χ1v) is 12.4. The fourth-order valence-corrected chi connectivity index (χ4v) is 3.50. The second-order valence-corrected chi connectivity index (χ2v) is 9.12. The third kappa shape index (κ3) is 12.4. The van der Waals surface area contributed by atoms with E-state index in [1.54, 1.807) is 12.1 Å². The topological polar surface area (TPSA) is 299 Å². The van der Waals surface area contributed by atoms with Crippen molar-refractivity contribution >= 4 is 35.6 Å². The first kappa shape index (κ1) is 33.6. The van der Waals surface area contributed by atoms with Crippen LogP contribution in [0.2, 0.25) is 0 Å². The number of carboxylic acid groups (broad SMARTS) is 1. The number of hydrogen-bond acceptors (Lipinski definition) is 9. The number of aliphatic carboxylic acids is 1. The van der Waals surface area contributed by atoms with Gasteiger partial charge in [0, 0.05) is 13.0 Å². The van der Waals surface area contributed by atoms with E-state index in [4.69, 9.17) is 22.9 Å². The van der Waals surface area contributed by atoms with Crippen molar-refractivity contribution in [2.45, 2.75) is 69.3 Å².